The van der Waals surface area contributed by atoms with E-state index in [-0.39, 0.29) is 23.7 Å². The van der Waals surface area contributed by atoms with Gasteiger partial charge < -0.3 is 9.88 Å². The fraction of sp³-hybridized carbons (Fsp3) is 0.409. The van der Waals surface area contributed by atoms with Crippen LogP contribution >= 0.6 is 0 Å². The van der Waals surface area contributed by atoms with Crippen LogP contribution in [0.2, 0.25) is 0 Å². The first-order valence-electron chi connectivity index (χ1n) is 10.2. The zero-order valence-corrected chi connectivity index (χ0v) is 16.2. The third kappa shape index (κ3) is 3.24. The van der Waals surface area contributed by atoms with Gasteiger partial charge in [-0.15, -0.1) is 0 Å². The molecule has 0 amide bonds. The van der Waals surface area contributed by atoms with Crippen molar-refractivity contribution in [3.63, 3.8) is 0 Å². The molecule has 2 aromatic heterocycles. The second-order valence-corrected chi connectivity index (χ2v) is 8.26. The fourth-order valence-corrected chi connectivity index (χ4v) is 4.87. The number of benzene rings is 1. The molecule has 5 nitrogen and oxygen atoms in total. The Kier molecular flexibility index (Phi) is 4.72. The average molecular weight is 414 g/mol. The first-order chi connectivity index (χ1) is 14.5. The third-order valence-electron chi connectivity index (χ3n) is 6.53. The molecule has 0 unspecified atom stereocenters. The summed E-state index contributed by atoms with van der Waals surface area (Å²) in [5.74, 6) is 0.864. The van der Waals surface area contributed by atoms with Gasteiger partial charge in [0.15, 0.2) is 0 Å². The molecule has 3 fully saturated rings. The summed E-state index contributed by atoms with van der Waals surface area (Å²) in [6, 6.07) is 5.64. The molecule has 3 aliphatic rings. The molecule has 2 bridgehead atoms. The number of anilines is 1. The van der Waals surface area contributed by atoms with Crippen molar-refractivity contribution in [3.05, 3.63) is 64.1 Å². The molecule has 3 aliphatic carbocycles. The largest absolute Gasteiger partial charge is 0.365 e. The normalized spacial score (nSPS) is 22.9. The summed E-state index contributed by atoms with van der Waals surface area (Å²) in [5.41, 5.74) is -0.0801. The summed E-state index contributed by atoms with van der Waals surface area (Å²) in [5, 5.41) is 3.69. The van der Waals surface area contributed by atoms with Crippen LogP contribution in [0.25, 0.3) is 10.9 Å². The highest BCUT2D eigenvalue weighted by atomic mass is 19.3. The molecule has 6 rings (SSSR count). The lowest BCUT2D eigenvalue weighted by Crippen LogP contribution is -2.40. The van der Waals surface area contributed by atoms with E-state index in [2.05, 4.69) is 15.3 Å². The van der Waals surface area contributed by atoms with Gasteiger partial charge in [-0.1, -0.05) is 18.2 Å². The Hall–Kier alpha value is -2.90. The molecule has 0 saturated heterocycles. The summed E-state index contributed by atoms with van der Waals surface area (Å²) in [7, 11) is 0. The highest BCUT2D eigenvalue weighted by Crippen LogP contribution is 2.50. The van der Waals surface area contributed by atoms with Crippen LogP contribution in [0.3, 0.4) is 0 Å². The molecule has 156 valence electrons. The van der Waals surface area contributed by atoms with E-state index in [0.29, 0.717) is 22.6 Å². The van der Waals surface area contributed by atoms with Crippen molar-refractivity contribution in [2.24, 2.45) is 11.8 Å². The van der Waals surface area contributed by atoms with E-state index in [9.17, 15) is 18.0 Å². The van der Waals surface area contributed by atoms with Crippen molar-refractivity contribution in [2.45, 2.75) is 44.7 Å². The average Bonchev–Trinajstić information content (AvgIpc) is 2.71. The molecule has 0 spiro atoms. The van der Waals surface area contributed by atoms with Crippen LogP contribution in [-0.2, 0) is 6.54 Å². The van der Waals surface area contributed by atoms with Crippen molar-refractivity contribution in [1.82, 2.24) is 14.5 Å². The number of fused-ring (bicyclic) bond motifs is 3. The van der Waals surface area contributed by atoms with Gasteiger partial charge in [0.25, 0.3) is 12.0 Å². The number of alkyl halides is 2. The minimum Gasteiger partial charge on any atom is -0.365 e. The van der Waals surface area contributed by atoms with Gasteiger partial charge >= 0.3 is 0 Å². The number of rotatable bonds is 5. The first kappa shape index (κ1) is 19.1. The van der Waals surface area contributed by atoms with Gasteiger partial charge in [-0.25, -0.2) is 23.1 Å². The van der Waals surface area contributed by atoms with Crippen LogP contribution in [0.15, 0.2) is 41.6 Å². The summed E-state index contributed by atoms with van der Waals surface area (Å²) in [6.45, 7) is -0.00856. The van der Waals surface area contributed by atoms with E-state index < -0.39 is 17.8 Å². The monoisotopic (exact) mass is 414 g/mol. The molecular weight excluding hydrogens is 393 g/mol. The molecular formula is C22H21F3N4O. The van der Waals surface area contributed by atoms with Crippen molar-refractivity contribution in [2.75, 3.05) is 5.32 Å². The minimum absolute atomic E-state index is 0.00856. The van der Waals surface area contributed by atoms with Crippen LogP contribution < -0.4 is 10.9 Å². The SMILES string of the molecule is O=c1cc2ncnc(NCc3cccc(C(F)F)c3F)c2cn1[C@H]1CCC2CC1C2. The Labute approximate surface area is 171 Å². The Balaban J connectivity index is 1.47. The van der Waals surface area contributed by atoms with Gasteiger partial charge in [-0.2, -0.15) is 0 Å². The van der Waals surface area contributed by atoms with E-state index in [1.54, 1.807) is 10.8 Å². The number of nitrogens with zero attached hydrogens (tertiary/aromatic N) is 3. The molecule has 1 N–H and O–H groups in total. The summed E-state index contributed by atoms with van der Waals surface area (Å²) < 4.78 is 42.1. The van der Waals surface area contributed by atoms with Crippen LogP contribution in [0.4, 0.5) is 19.0 Å². The van der Waals surface area contributed by atoms with E-state index in [0.717, 1.165) is 24.8 Å². The third-order valence-corrected chi connectivity index (χ3v) is 6.53. The first-order valence-corrected chi connectivity index (χ1v) is 10.2. The zero-order chi connectivity index (χ0) is 20.8. The molecule has 1 aromatic carbocycles. The van der Waals surface area contributed by atoms with Crippen molar-refractivity contribution in [3.8, 4) is 0 Å². The topological polar surface area (TPSA) is 59.8 Å². The molecule has 3 saturated carbocycles. The number of aromatic nitrogens is 3. The number of pyridine rings is 1. The van der Waals surface area contributed by atoms with E-state index >= 15 is 0 Å². The summed E-state index contributed by atoms with van der Waals surface area (Å²) >= 11 is 0. The predicted octanol–water partition coefficient (Wildman–Crippen LogP) is 4.84. The minimum atomic E-state index is -2.87. The van der Waals surface area contributed by atoms with Gasteiger partial charge in [0.05, 0.1) is 16.5 Å². The Morgan fingerprint density at radius 3 is 2.77 bits per heavy atom. The van der Waals surface area contributed by atoms with Crippen molar-refractivity contribution in [1.29, 1.82) is 0 Å². The lowest BCUT2D eigenvalue weighted by atomic mass is 9.62. The fourth-order valence-electron chi connectivity index (χ4n) is 4.87. The van der Waals surface area contributed by atoms with E-state index in [4.69, 9.17) is 0 Å². The Bertz CT molecular complexity index is 1150. The maximum absolute atomic E-state index is 14.3. The number of hydrogen-bond donors (Lipinski definition) is 1. The maximum Gasteiger partial charge on any atom is 0.266 e. The lowest BCUT2D eigenvalue weighted by Gasteiger charge is -2.47. The maximum atomic E-state index is 14.3. The molecule has 30 heavy (non-hydrogen) atoms. The molecule has 0 radical (unpaired) electrons. The molecule has 8 heteroatoms. The highest BCUT2D eigenvalue weighted by Gasteiger charge is 2.41. The summed E-state index contributed by atoms with van der Waals surface area (Å²) in [6.07, 6.45) is 4.72. The molecule has 0 aliphatic heterocycles. The lowest BCUT2D eigenvalue weighted by molar-refractivity contribution is 0.0548. The van der Waals surface area contributed by atoms with E-state index in [1.165, 1.54) is 37.4 Å². The quantitative estimate of drug-likeness (QED) is 0.649. The van der Waals surface area contributed by atoms with Crippen LogP contribution in [-0.4, -0.2) is 14.5 Å². The second kappa shape index (κ2) is 7.41. The van der Waals surface area contributed by atoms with Crippen LogP contribution in [0.1, 0.15) is 49.3 Å². The molecule has 3 aromatic rings. The van der Waals surface area contributed by atoms with Gasteiger partial charge in [0.2, 0.25) is 0 Å². The van der Waals surface area contributed by atoms with Crippen LogP contribution in [0.5, 0.6) is 0 Å². The van der Waals surface area contributed by atoms with Crippen molar-refractivity contribution < 1.29 is 13.2 Å². The second-order valence-electron chi connectivity index (χ2n) is 8.26. The number of halogens is 3. The predicted molar refractivity (Wildman–Crippen MR) is 107 cm³/mol. The van der Waals surface area contributed by atoms with E-state index in [1.807, 2.05) is 0 Å². The van der Waals surface area contributed by atoms with Gasteiger partial charge in [-0.3, -0.25) is 4.79 Å². The zero-order valence-electron chi connectivity index (χ0n) is 16.2. The number of nitrogens with one attached hydrogen (secondary N) is 1. The standard InChI is InChI=1S/C22H21F3N4O/c23-20-13(2-1-3-15(20)21(24)25)9-26-22-16-10-29(18-5-4-12-6-14(18)7-12)19(30)8-17(16)27-11-28-22/h1-3,8,10-12,14,18,21H,4-7,9H2,(H,26,27,28)/t12?,14?,18-/m0/s1. The number of hydrogen-bond acceptors (Lipinski definition) is 4. The van der Waals surface area contributed by atoms with Gasteiger partial charge in [0.1, 0.15) is 18.0 Å². The highest BCUT2D eigenvalue weighted by molar-refractivity contribution is 5.87. The Morgan fingerprint density at radius 2 is 2.03 bits per heavy atom. The van der Waals surface area contributed by atoms with Crippen LogP contribution in [0, 0.1) is 17.7 Å². The van der Waals surface area contributed by atoms with Gasteiger partial charge in [0, 0.05) is 30.4 Å². The molecule has 1 atom stereocenters. The van der Waals surface area contributed by atoms with Crippen molar-refractivity contribution >= 4 is 16.7 Å². The Morgan fingerprint density at radius 1 is 1.20 bits per heavy atom. The molecule has 2 heterocycles. The smallest absolute Gasteiger partial charge is 0.266 e. The van der Waals surface area contributed by atoms with Gasteiger partial charge in [-0.05, 0) is 37.5 Å². The summed E-state index contributed by atoms with van der Waals surface area (Å²) in [4.78, 5) is 21.1.